The Balaban J connectivity index is 3.38. The van der Waals surface area contributed by atoms with Crippen LogP contribution in [0.3, 0.4) is 0 Å². The Morgan fingerprint density at radius 2 is 0.573 bits per heavy atom. The Morgan fingerprint density at radius 1 is 0.329 bits per heavy atom. The molecule has 3 N–H and O–H groups in total. The molecule has 0 aliphatic rings. The molecule has 0 aromatic carbocycles. The second kappa shape index (κ2) is 71.6. The van der Waals surface area contributed by atoms with Gasteiger partial charge in [-0.15, -0.1) is 0 Å². The van der Waals surface area contributed by atoms with Gasteiger partial charge in [-0.3, -0.25) is 9.59 Å². The van der Waals surface area contributed by atoms with E-state index in [0.29, 0.717) is 19.4 Å². The molecular weight excluding hydrogens is 1010 g/mol. The van der Waals surface area contributed by atoms with Gasteiger partial charge in [-0.25, -0.2) is 0 Å². The second-order valence-corrected chi connectivity index (χ2v) is 25.6. The van der Waals surface area contributed by atoms with Crippen molar-refractivity contribution in [2.75, 3.05) is 13.2 Å². The lowest BCUT2D eigenvalue weighted by Gasteiger charge is -2.20. The van der Waals surface area contributed by atoms with E-state index in [2.05, 4.69) is 43.5 Å². The molecule has 0 aliphatic heterocycles. The average Bonchev–Trinajstić information content (AvgIpc) is 3.48. The van der Waals surface area contributed by atoms with Crippen LogP contribution in [0.5, 0.6) is 0 Å². The summed E-state index contributed by atoms with van der Waals surface area (Å²) in [6.07, 6.45) is 92.5. The standard InChI is InChI=1S/C76H145NO5/c1-3-5-7-9-11-13-15-17-18-19-20-36-39-42-45-48-52-56-60-64-68-74(79)73(72-78)77-75(80)69-65-61-57-53-49-46-43-40-37-34-32-30-28-26-24-22-21-23-25-27-29-31-33-35-38-41-44-47-51-55-59-63-67-71-82-76(81)70-66-62-58-54-50-16-14-12-10-8-6-4-2/h12,14,25,27,64,68,73-74,78-79H,3-11,13,15-24,26,28-63,65-67,69-72H2,1-2H3,(H,77,80)/b14-12-,27-25-,68-64+. The van der Waals surface area contributed by atoms with E-state index in [1.807, 2.05) is 6.08 Å². The fourth-order valence-corrected chi connectivity index (χ4v) is 11.7. The summed E-state index contributed by atoms with van der Waals surface area (Å²) in [6.45, 7) is 4.92. The van der Waals surface area contributed by atoms with Gasteiger partial charge in [-0.2, -0.15) is 0 Å². The molecule has 2 unspecified atom stereocenters. The molecule has 484 valence electrons. The second-order valence-electron chi connectivity index (χ2n) is 25.6. The van der Waals surface area contributed by atoms with Crippen molar-refractivity contribution in [2.45, 2.75) is 424 Å². The van der Waals surface area contributed by atoms with Gasteiger partial charge in [0.15, 0.2) is 0 Å². The van der Waals surface area contributed by atoms with E-state index >= 15 is 0 Å². The van der Waals surface area contributed by atoms with Crippen LogP contribution in [-0.4, -0.2) is 47.4 Å². The molecule has 2 atom stereocenters. The Hall–Kier alpha value is -1.92. The van der Waals surface area contributed by atoms with Crippen molar-refractivity contribution in [1.82, 2.24) is 5.32 Å². The molecule has 0 aromatic rings. The van der Waals surface area contributed by atoms with Crippen molar-refractivity contribution in [3.8, 4) is 0 Å². The first-order valence-electron chi connectivity index (χ1n) is 37.3. The van der Waals surface area contributed by atoms with Gasteiger partial charge in [0.1, 0.15) is 0 Å². The van der Waals surface area contributed by atoms with Crippen molar-refractivity contribution < 1.29 is 24.5 Å². The Morgan fingerprint density at radius 3 is 0.890 bits per heavy atom. The summed E-state index contributed by atoms with van der Waals surface area (Å²) in [4.78, 5) is 24.6. The highest BCUT2D eigenvalue weighted by Crippen LogP contribution is 2.19. The molecule has 0 saturated carbocycles. The minimum atomic E-state index is -0.843. The molecule has 1 amide bonds. The summed E-state index contributed by atoms with van der Waals surface area (Å²) in [5.41, 5.74) is 0. The number of carbonyl (C=O) groups excluding carboxylic acids is 2. The average molecular weight is 1150 g/mol. The van der Waals surface area contributed by atoms with E-state index in [4.69, 9.17) is 4.74 Å². The van der Waals surface area contributed by atoms with Crippen LogP contribution in [0.4, 0.5) is 0 Å². The van der Waals surface area contributed by atoms with E-state index in [-0.39, 0.29) is 18.5 Å². The first-order chi connectivity index (χ1) is 40.5. The molecule has 6 heteroatoms. The largest absolute Gasteiger partial charge is 0.466 e. The van der Waals surface area contributed by atoms with Crippen molar-refractivity contribution in [3.63, 3.8) is 0 Å². The monoisotopic (exact) mass is 1150 g/mol. The normalized spacial score (nSPS) is 12.7. The maximum atomic E-state index is 12.5. The number of unbranched alkanes of at least 4 members (excludes halogenated alkanes) is 55. The number of nitrogens with one attached hydrogen (secondary N) is 1. The van der Waals surface area contributed by atoms with Gasteiger partial charge in [0.25, 0.3) is 0 Å². The predicted molar refractivity (Wildman–Crippen MR) is 361 cm³/mol. The summed E-state index contributed by atoms with van der Waals surface area (Å²) < 4.78 is 5.48. The molecule has 0 saturated heterocycles. The summed E-state index contributed by atoms with van der Waals surface area (Å²) in [6, 6.07) is -0.626. The highest BCUT2D eigenvalue weighted by atomic mass is 16.5. The van der Waals surface area contributed by atoms with Gasteiger partial charge in [0, 0.05) is 12.8 Å². The number of esters is 1. The number of aliphatic hydroxyl groups is 2. The molecule has 6 nitrogen and oxygen atoms in total. The van der Waals surface area contributed by atoms with Crippen LogP contribution in [0.2, 0.25) is 0 Å². The molecule has 0 aliphatic carbocycles. The van der Waals surface area contributed by atoms with Gasteiger partial charge >= 0.3 is 5.97 Å². The third kappa shape index (κ3) is 67.2. The van der Waals surface area contributed by atoms with Crippen LogP contribution in [0.1, 0.15) is 412 Å². The van der Waals surface area contributed by atoms with Gasteiger partial charge in [0.05, 0.1) is 25.4 Å². The lowest BCUT2D eigenvalue weighted by molar-refractivity contribution is -0.143. The van der Waals surface area contributed by atoms with Crippen molar-refractivity contribution >= 4 is 11.9 Å². The highest BCUT2D eigenvalue weighted by Gasteiger charge is 2.18. The summed E-state index contributed by atoms with van der Waals surface area (Å²) in [5, 5.41) is 23.3. The number of carbonyl (C=O) groups is 2. The SMILES string of the molecule is CCCCC/C=C\CCCCCCCC(=O)OCCCCCCCCCCCCCC/C=C\CCCCCCCCCCCCCCCCCCCC(=O)NC(CO)C(O)/C=C/CCCCCCCCCCCCCCCCCCCC. The number of ether oxygens (including phenoxy) is 1. The van der Waals surface area contributed by atoms with Gasteiger partial charge < -0.3 is 20.3 Å². The smallest absolute Gasteiger partial charge is 0.305 e. The number of hydrogen-bond acceptors (Lipinski definition) is 5. The number of aliphatic hydroxyl groups excluding tert-OH is 2. The minimum absolute atomic E-state index is 0.00870. The molecule has 0 rings (SSSR count). The van der Waals surface area contributed by atoms with Crippen LogP contribution in [0.15, 0.2) is 36.5 Å². The zero-order valence-corrected chi connectivity index (χ0v) is 55.5. The maximum absolute atomic E-state index is 12.5. The van der Waals surface area contributed by atoms with Crippen molar-refractivity contribution in [2.24, 2.45) is 0 Å². The zero-order chi connectivity index (χ0) is 59.2. The molecule has 0 heterocycles. The summed E-state index contributed by atoms with van der Waals surface area (Å²) >= 11 is 0. The van der Waals surface area contributed by atoms with Gasteiger partial charge in [0.2, 0.25) is 5.91 Å². The summed E-state index contributed by atoms with van der Waals surface area (Å²) in [5.74, 6) is -0.0523. The number of rotatable bonds is 70. The van der Waals surface area contributed by atoms with Gasteiger partial charge in [-0.1, -0.05) is 352 Å². The topological polar surface area (TPSA) is 95.9 Å². The van der Waals surface area contributed by atoms with Gasteiger partial charge in [-0.05, 0) is 83.5 Å². The molecule has 0 spiro atoms. The van der Waals surface area contributed by atoms with Crippen LogP contribution in [-0.2, 0) is 14.3 Å². The minimum Gasteiger partial charge on any atom is -0.466 e. The Bertz CT molecular complexity index is 1330. The quantitative estimate of drug-likeness (QED) is 0.0320. The molecule has 0 aromatic heterocycles. The van der Waals surface area contributed by atoms with Crippen molar-refractivity contribution in [1.29, 1.82) is 0 Å². The third-order valence-corrected chi connectivity index (χ3v) is 17.4. The fourth-order valence-electron chi connectivity index (χ4n) is 11.7. The lowest BCUT2D eigenvalue weighted by Crippen LogP contribution is -2.45. The first-order valence-corrected chi connectivity index (χ1v) is 37.3. The molecule has 82 heavy (non-hydrogen) atoms. The van der Waals surface area contributed by atoms with E-state index in [0.717, 1.165) is 44.9 Å². The summed E-state index contributed by atoms with van der Waals surface area (Å²) in [7, 11) is 0. The lowest BCUT2D eigenvalue weighted by atomic mass is 10.0. The van der Waals surface area contributed by atoms with Crippen LogP contribution >= 0.6 is 0 Å². The Kier molecular flexibility index (Phi) is 69.9. The van der Waals surface area contributed by atoms with Crippen LogP contribution in [0, 0.1) is 0 Å². The fraction of sp³-hybridized carbons (Fsp3) is 0.895. The highest BCUT2D eigenvalue weighted by molar-refractivity contribution is 5.76. The zero-order valence-electron chi connectivity index (χ0n) is 55.5. The van der Waals surface area contributed by atoms with Crippen LogP contribution in [0.25, 0.3) is 0 Å². The van der Waals surface area contributed by atoms with E-state index in [1.165, 1.54) is 340 Å². The number of hydrogen-bond donors (Lipinski definition) is 3. The van der Waals surface area contributed by atoms with Crippen molar-refractivity contribution in [3.05, 3.63) is 36.5 Å². The molecule has 0 radical (unpaired) electrons. The predicted octanol–water partition coefficient (Wildman–Crippen LogP) is 24.3. The first kappa shape index (κ1) is 80.1. The number of amides is 1. The van der Waals surface area contributed by atoms with E-state index in [1.54, 1.807) is 6.08 Å². The van der Waals surface area contributed by atoms with E-state index in [9.17, 15) is 19.8 Å². The number of allylic oxidation sites excluding steroid dienone is 5. The maximum Gasteiger partial charge on any atom is 0.305 e. The van der Waals surface area contributed by atoms with Crippen LogP contribution < -0.4 is 5.32 Å². The third-order valence-electron chi connectivity index (χ3n) is 17.4. The molecular formula is C76H145NO5. The Labute approximate surface area is 513 Å². The van der Waals surface area contributed by atoms with E-state index < -0.39 is 12.1 Å². The molecule has 0 fully saturated rings. The molecule has 0 bridgehead atoms.